The largest absolute Gasteiger partial charge is 0.493 e. The number of nitrogens with one attached hydrogen (secondary N) is 1. The van der Waals surface area contributed by atoms with Crippen LogP contribution in [0.3, 0.4) is 0 Å². The van der Waals surface area contributed by atoms with Crippen LogP contribution in [0.5, 0.6) is 11.5 Å². The van der Waals surface area contributed by atoms with Gasteiger partial charge in [-0.05, 0) is 6.92 Å². The molecule has 0 spiro atoms. The minimum atomic E-state index is -0.628. The number of rotatable bonds is 8. The van der Waals surface area contributed by atoms with Crippen LogP contribution in [0.2, 0.25) is 0 Å². The van der Waals surface area contributed by atoms with Gasteiger partial charge in [-0.3, -0.25) is 14.9 Å². The summed E-state index contributed by atoms with van der Waals surface area (Å²) in [4.78, 5) is 31.7. The van der Waals surface area contributed by atoms with E-state index in [9.17, 15) is 14.9 Å². The molecule has 11 heteroatoms. The molecule has 0 aliphatic rings. The van der Waals surface area contributed by atoms with E-state index in [0.717, 1.165) is 5.01 Å². The van der Waals surface area contributed by atoms with Gasteiger partial charge in [-0.15, -0.1) is 22.7 Å². The van der Waals surface area contributed by atoms with Gasteiger partial charge in [0.2, 0.25) is 0 Å². The lowest BCUT2D eigenvalue weighted by Gasteiger charge is -2.12. The molecule has 146 valence electrons. The average Bonchev–Trinajstić information content (AvgIpc) is 3.35. The number of benzene rings is 1. The Balaban J connectivity index is 1.82. The summed E-state index contributed by atoms with van der Waals surface area (Å²) in [5.74, 6) is -0.217. The van der Waals surface area contributed by atoms with Crippen molar-refractivity contribution in [2.24, 2.45) is 0 Å². The third kappa shape index (κ3) is 4.61. The molecule has 0 unspecified atom stereocenters. The lowest BCUT2D eigenvalue weighted by Crippen LogP contribution is -2.24. The zero-order valence-electron chi connectivity index (χ0n) is 15.0. The summed E-state index contributed by atoms with van der Waals surface area (Å²) in [5.41, 5.74) is 2.55. The van der Waals surface area contributed by atoms with Gasteiger partial charge in [-0.2, -0.15) is 0 Å². The summed E-state index contributed by atoms with van der Waals surface area (Å²) in [7, 11) is 1.40. The minimum Gasteiger partial charge on any atom is -0.493 e. The van der Waals surface area contributed by atoms with Crippen LogP contribution in [0.15, 0.2) is 28.4 Å². The second-order valence-electron chi connectivity index (χ2n) is 5.59. The molecule has 2 aromatic heterocycles. The van der Waals surface area contributed by atoms with Crippen LogP contribution in [-0.4, -0.2) is 27.9 Å². The number of carbonyl (C=O) groups excluding carboxylic acids is 1. The number of methoxy groups -OCH3 is 1. The molecule has 0 saturated heterocycles. The lowest BCUT2D eigenvalue weighted by atomic mass is 10.1. The number of nitro benzene ring substituents is 1. The van der Waals surface area contributed by atoms with Crippen LogP contribution in [0, 0.1) is 17.0 Å². The topological polar surface area (TPSA) is 116 Å². The van der Waals surface area contributed by atoms with Gasteiger partial charge in [0.15, 0.2) is 11.5 Å². The first-order chi connectivity index (χ1) is 13.5. The molecular weight excluding hydrogens is 404 g/mol. The van der Waals surface area contributed by atoms with Crippen molar-refractivity contribution < 1.29 is 19.2 Å². The van der Waals surface area contributed by atoms with Crippen molar-refractivity contribution in [3.05, 3.63) is 60.5 Å². The maximum absolute atomic E-state index is 12.5. The monoisotopic (exact) mass is 420 g/mol. The molecule has 9 nitrogen and oxygen atoms in total. The van der Waals surface area contributed by atoms with E-state index in [-0.39, 0.29) is 35.9 Å². The fourth-order valence-corrected chi connectivity index (χ4v) is 3.53. The molecule has 0 fully saturated rings. The maximum Gasteiger partial charge on any atom is 0.286 e. The van der Waals surface area contributed by atoms with E-state index in [1.807, 2.05) is 17.7 Å². The Bertz CT molecular complexity index is 988. The van der Waals surface area contributed by atoms with Crippen molar-refractivity contribution in [1.29, 1.82) is 0 Å². The summed E-state index contributed by atoms with van der Waals surface area (Å²) < 4.78 is 10.9. The summed E-state index contributed by atoms with van der Waals surface area (Å²) in [6, 6.07) is 2.49. The lowest BCUT2D eigenvalue weighted by molar-refractivity contribution is -0.385. The number of aromatic nitrogens is 2. The fourth-order valence-electron chi connectivity index (χ4n) is 2.37. The summed E-state index contributed by atoms with van der Waals surface area (Å²) >= 11 is 2.88. The normalized spacial score (nSPS) is 10.5. The molecule has 28 heavy (non-hydrogen) atoms. The van der Waals surface area contributed by atoms with Crippen molar-refractivity contribution in [1.82, 2.24) is 15.3 Å². The van der Waals surface area contributed by atoms with Crippen LogP contribution in [-0.2, 0) is 13.2 Å². The second kappa shape index (κ2) is 8.76. The highest BCUT2D eigenvalue weighted by molar-refractivity contribution is 7.09. The molecule has 0 aliphatic carbocycles. The number of ether oxygens (including phenoxy) is 2. The van der Waals surface area contributed by atoms with Crippen LogP contribution in [0.1, 0.15) is 26.8 Å². The molecule has 2 heterocycles. The quantitative estimate of drug-likeness (QED) is 0.439. The van der Waals surface area contributed by atoms with Crippen LogP contribution < -0.4 is 14.8 Å². The van der Waals surface area contributed by atoms with Crippen LogP contribution in [0.25, 0.3) is 0 Å². The van der Waals surface area contributed by atoms with Crippen molar-refractivity contribution in [3.63, 3.8) is 0 Å². The number of hydrogen-bond donors (Lipinski definition) is 1. The maximum atomic E-state index is 12.5. The van der Waals surface area contributed by atoms with Crippen molar-refractivity contribution >= 4 is 34.3 Å². The molecule has 3 aromatic rings. The van der Waals surface area contributed by atoms with Gasteiger partial charge in [-0.25, -0.2) is 9.97 Å². The average molecular weight is 420 g/mol. The van der Waals surface area contributed by atoms with Gasteiger partial charge in [-0.1, -0.05) is 0 Å². The van der Waals surface area contributed by atoms with Gasteiger partial charge < -0.3 is 14.8 Å². The molecule has 0 radical (unpaired) electrons. The van der Waals surface area contributed by atoms with Gasteiger partial charge in [0.05, 0.1) is 46.6 Å². The molecular formula is C17H16N4O5S2. The Morgan fingerprint density at radius 3 is 2.71 bits per heavy atom. The Labute approximate surface area is 168 Å². The highest BCUT2D eigenvalue weighted by Crippen LogP contribution is 2.35. The van der Waals surface area contributed by atoms with E-state index < -0.39 is 10.8 Å². The Morgan fingerprint density at radius 2 is 2.11 bits per heavy atom. The van der Waals surface area contributed by atoms with Crippen molar-refractivity contribution in [3.8, 4) is 11.5 Å². The summed E-state index contributed by atoms with van der Waals surface area (Å²) in [5, 5.41) is 18.6. The highest BCUT2D eigenvalue weighted by atomic mass is 32.1. The molecule has 1 aromatic carbocycles. The Kier molecular flexibility index (Phi) is 6.16. The number of carbonyl (C=O) groups is 1. The third-order valence-electron chi connectivity index (χ3n) is 3.68. The molecule has 1 N–H and O–H groups in total. The van der Waals surface area contributed by atoms with Gasteiger partial charge in [0.1, 0.15) is 12.2 Å². The van der Waals surface area contributed by atoms with Crippen molar-refractivity contribution in [2.75, 3.05) is 7.11 Å². The number of nitrogens with zero attached hydrogens (tertiary/aromatic N) is 3. The van der Waals surface area contributed by atoms with Gasteiger partial charge >= 0.3 is 0 Å². The Morgan fingerprint density at radius 1 is 1.29 bits per heavy atom. The zero-order chi connectivity index (χ0) is 20.1. The van der Waals surface area contributed by atoms with E-state index in [2.05, 4.69) is 15.3 Å². The smallest absolute Gasteiger partial charge is 0.286 e. The third-order valence-corrected chi connectivity index (χ3v) is 5.14. The van der Waals surface area contributed by atoms with E-state index in [1.165, 1.54) is 41.9 Å². The molecule has 0 saturated carbocycles. The molecule has 1 amide bonds. The molecule has 3 rings (SSSR count). The number of amides is 1. The van der Waals surface area contributed by atoms with Gasteiger partial charge in [0.25, 0.3) is 11.6 Å². The van der Waals surface area contributed by atoms with Crippen LogP contribution in [0.4, 0.5) is 5.69 Å². The first kappa shape index (κ1) is 19.7. The van der Waals surface area contributed by atoms with E-state index in [0.29, 0.717) is 11.4 Å². The van der Waals surface area contributed by atoms with Crippen molar-refractivity contribution in [2.45, 2.75) is 20.1 Å². The first-order valence-corrected chi connectivity index (χ1v) is 9.85. The predicted molar refractivity (Wildman–Crippen MR) is 104 cm³/mol. The number of nitro groups is 1. The fraction of sp³-hybridized carbons (Fsp3) is 0.235. The molecule has 0 atom stereocenters. The number of thiazole rings is 2. The SMILES string of the molecule is COc1cc(C(=O)NCc2csc(C)n2)c([N+](=O)[O-])cc1OCc1cscn1. The molecule has 0 aliphatic heterocycles. The number of aryl methyl sites for hydroxylation is 1. The zero-order valence-corrected chi connectivity index (χ0v) is 16.6. The molecule has 0 bridgehead atoms. The summed E-state index contributed by atoms with van der Waals surface area (Å²) in [6.45, 7) is 2.16. The standard InChI is InChI=1S/C17H16N4O5S2/c1-10-20-11(8-28-10)5-18-17(22)13-3-15(25-2)16(4-14(13)21(23)24)26-6-12-7-27-9-19-12/h3-4,7-9H,5-6H2,1-2H3,(H,18,22). The van der Waals surface area contributed by atoms with E-state index in [1.54, 1.807) is 5.51 Å². The predicted octanol–water partition coefficient (Wildman–Crippen LogP) is 3.33. The van der Waals surface area contributed by atoms with Crippen LogP contribution >= 0.6 is 22.7 Å². The summed E-state index contributed by atoms with van der Waals surface area (Å²) in [6.07, 6.45) is 0. The first-order valence-electron chi connectivity index (χ1n) is 8.03. The minimum absolute atomic E-state index is 0.116. The Hall–Kier alpha value is -3.05. The van der Waals surface area contributed by atoms with E-state index in [4.69, 9.17) is 9.47 Å². The van der Waals surface area contributed by atoms with Gasteiger partial charge in [0, 0.05) is 16.8 Å². The second-order valence-corrected chi connectivity index (χ2v) is 7.37. The number of hydrogen-bond acceptors (Lipinski definition) is 9. The highest BCUT2D eigenvalue weighted by Gasteiger charge is 2.25. The van der Waals surface area contributed by atoms with E-state index >= 15 is 0 Å².